The third kappa shape index (κ3) is 1.97. The number of rotatable bonds is 3. The third-order valence-electron chi connectivity index (χ3n) is 3.72. The van der Waals surface area contributed by atoms with Crippen LogP contribution in [0.4, 0.5) is 0 Å². The molecule has 4 rings (SSSR count). The van der Waals surface area contributed by atoms with Gasteiger partial charge in [0.1, 0.15) is 24.6 Å². The molecule has 0 aromatic carbocycles. The second kappa shape index (κ2) is 4.60. The van der Waals surface area contributed by atoms with E-state index in [0.717, 1.165) is 10.4 Å². The number of nitrogens with zero attached hydrogens (tertiary/aromatic N) is 3. The average molecular weight is 322 g/mol. The zero-order valence-electron chi connectivity index (χ0n) is 10.9. The van der Waals surface area contributed by atoms with Gasteiger partial charge in [-0.2, -0.15) is 4.40 Å². The highest BCUT2D eigenvalue weighted by Crippen LogP contribution is 2.39. The fourth-order valence-corrected chi connectivity index (χ4v) is 4.75. The first-order valence-corrected chi connectivity index (χ1v) is 8.39. The maximum Gasteiger partial charge on any atom is 0.352 e. The van der Waals surface area contributed by atoms with Gasteiger partial charge in [0.05, 0.1) is 11.8 Å². The molecule has 21 heavy (non-hydrogen) atoms. The Morgan fingerprint density at radius 2 is 2.38 bits per heavy atom. The fraction of sp³-hybridized carbons (Fsp3) is 0.308. The van der Waals surface area contributed by atoms with Crippen molar-refractivity contribution in [2.24, 2.45) is 0 Å². The van der Waals surface area contributed by atoms with Crippen molar-refractivity contribution >= 4 is 39.8 Å². The number of carboxylic acids is 1. The average Bonchev–Trinajstić information content (AvgIpc) is 2.99. The molecule has 0 unspecified atom stereocenters. The number of amides is 1. The van der Waals surface area contributed by atoms with E-state index in [4.69, 9.17) is 0 Å². The third-order valence-corrected chi connectivity index (χ3v) is 5.81. The Bertz CT molecular complexity index is 763. The highest BCUT2D eigenvalue weighted by molar-refractivity contribution is 8.00. The van der Waals surface area contributed by atoms with E-state index in [1.165, 1.54) is 4.90 Å². The lowest BCUT2D eigenvalue weighted by molar-refractivity contribution is -0.687. The predicted molar refractivity (Wildman–Crippen MR) is 77.8 cm³/mol. The maximum atomic E-state index is 11.7. The first-order chi connectivity index (χ1) is 10.1. The highest BCUT2D eigenvalue weighted by Gasteiger charge is 2.45. The van der Waals surface area contributed by atoms with Crippen LogP contribution in [0.3, 0.4) is 0 Å². The quantitative estimate of drug-likeness (QED) is 0.674. The minimum atomic E-state index is -1.01. The molecular weight excluding hydrogens is 310 g/mol. The number of hydrogen-bond donors (Lipinski definition) is 1. The molecule has 2 aromatic rings. The highest BCUT2D eigenvalue weighted by atomic mass is 32.2. The summed E-state index contributed by atoms with van der Waals surface area (Å²) in [7, 11) is 0. The molecule has 8 heteroatoms. The Labute approximate surface area is 128 Å². The summed E-state index contributed by atoms with van der Waals surface area (Å²) in [6.45, 7) is 0.500. The Hall–Kier alpha value is -1.80. The Morgan fingerprint density at radius 1 is 1.52 bits per heavy atom. The summed E-state index contributed by atoms with van der Waals surface area (Å²) in [6.07, 6.45) is 6.34. The van der Waals surface area contributed by atoms with Gasteiger partial charge < -0.3 is 5.11 Å². The zero-order chi connectivity index (χ0) is 14.6. The second-order valence-electron chi connectivity index (χ2n) is 5.06. The first-order valence-electron chi connectivity index (χ1n) is 6.47. The Morgan fingerprint density at radius 3 is 3.10 bits per heavy atom. The molecule has 0 saturated carbocycles. The van der Waals surface area contributed by atoms with Gasteiger partial charge in [0.25, 0.3) is 0 Å². The van der Waals surface area contributed by atoms with Crippen molar-refractivity contribution in [2.45, 2.75) is 18.3 Å². The lowest BCUT2D eigenvalue weighted by atomic mass is 10.1. The van der Waals surface area contributed by atoms with Crippen LogP contribution in [0.15, 0.2) is 35.4 Å². The molecular formula is C13H12N3O3S2+. The van der Waals surface area contributed by atoms with Crippen LogP contribution in [0.25, 0.3) is 4.83 Å². The lowest BCUT2D eigenvalue weighted by Crippen LogP contribution is -2.54. The molecule has 0 aliphatic carbocycles. The number of imidazole rings is 1. The van der Waals surface area contributed by atoms with E-state index < -0.39 is 5.97 Å². The number of thiazole rings is 1. The summed E-state index contributed by atoms with van der Waals surface area (Å²) in [5.74, 6) is -0.443. The summed E-state index contributed by atoms with van der Waals surface area (Å²) < 4.78 is 3.97. The predicted octanol–water partition coefficient (Wildman–Crippen LogP) is 0.932. The van der Waals surface area contributed by atoms with Crippen LogP contribution in [0.1, 0.15) is 6.42 Å². The molecule has 1 amide bonds. The monoisotopic (exact) mass is 322 g/mol. The Kier molecular flexibility index (Phi) is 2.83. The molecule has 0 radical (unpaired) electrons. The van der Waals surface area contributed by atoms with E-state index >= 15 is 0 Å². The molecule has 2 aliphatic heterocycles. The number of fused-ring (bicyclic) bond motifs is 2. The van der Waals surface area contributed by atoms with Crippen molar-refractivity contribution in [3.8, 4) is 0 Å². The summed E-state index contributed by atoms with van der Waals surface area (Å²) in [4.78, 5) is 25.8. The minimum Gasteiger partial charge on any atom is -0.477 e. The molecule has 0 spiro atoms. The van der Waals surface area contributed by atoms with Crippen molar-refractivity contribution in [3.63, 3.8) is 0 Å². The largest absolute Gasteiger partial charge is 0.477 e. The van der Waals surface area contributed by atoms with Crippen molar-refractivity contribution in [2.75, 3.05) is 5.75 Å². The molecule has 1 atom stereocenters. The number of carboxylic acid groups (broad SMARTS) is 1. The molecule has 2 aromatic heterocycles. The number of hydrogen-bond acceptors (Lipinski definition) is 4. The number of aromatic nitrogens is 2. The summed E-state index contributed by atoms with van der Waals surface area (Å²) >= 11 is 3.27. The van der Waals surface area contributed by atoms with Gasteiger partial charge in [0, 0.05) is 16.7 Å². The SMILES string of the molecule is O=C(O)C1=C(C[n+]2cc3sccn3c2)CS[C@@H]2CC(=O)N12. The molecule has 0 bridgehead atoms. The molecule has 1 saturated heterocycles. The van der Waals surface area contributed by atoms with Crippen molar-refractivity contribution < 1.29 is 19.3 Å². The van der Waals surface area contributed by atoms with Gasteiger partial charge >= 0.3 is 5.97 Å². The van der Waals surface area contributed by atoms with E-state index in [0.29, 0.717) is 18.7 Å². The number of β-lactam (4-membered cyclic amide) rings is 1. The summed E-state index contributed by atoms with van der Waals surface area (Å²) in [5, 5.41) is 11.5. The lowest BCUT2D eigenvalue weighted by Gasteiger charge is -2.43. The number of thioether (sulfide) groups is 1. The standard InChI is InChI=1S/C13H11N3O3S2/c17-9-3-10-16(9)12(13(18)19)8(6-21-10)4-14-5-11-15(7-14)1-2-20-11/h1-2,5,7,10H,3-4,6H2/p+1/t10-/m1/s1. The molecule has 1 fully saturated rings. The van der Waals surface area contributed by atoms with Gasteiger partial charge in [-0.1, -0.05) is 11.3 Å². The molecule has 1 N–H and O–H groups in total. The smallest absolute Gasteiger partial charge is 0.352 e. The van der Waals surface area contributed by atoms with Crippen LogP contribution in [-0.2, 0) is 16.1 Å². The van der Waals surface area contributed by atoms with Crippen LogP contribution in [0.2, 0.25) is 0 Å². The number of carbonyl (C=O) groups excluding carboxylic acids is 1. The van der Waals surface area contributed by atoms with Gasteiger partial charge in [0.2, 0.25) is 17.1 Å². The molecule has 6 nitrogen and oxygen atoms in total. The van der Waals surface area contributed by atoms with E-state index in [2.05, 4.69) is 0 Å². The van der Waals surface area contributed by atoms with E-state index in [1.54, 1.807) is 23.1 Å². The summed E-state index contributed by atoms with van der Waals surface area (Å²) in [5.41, 5.74) is 0.970. The van der Waals surface area contributed by atoms with Gasteiger partial charge in [-0.05, 0) is 0 Å². The molecule has 108 valence electrons. The van der Waals surface area contributed by atoms with E-state index in [-0.39, 0.29) is 17.0 Å². The van der Waals surface area contributed by atoms with Crippen molar-refractivity contribution in [3.05, 3.63) is 35.4 Å². The first kappa shape index (κ1) is 12.9. The zero-order valence-corrected chi connectivity index (χ0v) is 12.6. The van der Waals surface area contributed by atoms with Crippen molar-refractivity contribution in [1.29, 1.82) is 0 Å². The van der Waals surface area contributed by atoms with E-state index in [9.17, 15) is 14.7 Å². The Balaban J connectivity index is 1.70. The normalized spacial score (nSPS) is 21.6. The van der Waals surface area contributed by atoms with Gasteiger partial charge in [-0.25, -0.2) is 9.36 Å². The van der Waals surface area contributed by atoms with Crippen molar-refractivity contribution in [1.82, 2.24) is 9.30 Å². The van der Waals surface area contributed by atoms with Crippen LogP contribution in [0.5, 0.6) is 0 Å². The summed E-state index contributed by atoms with van der Waals surface area (Å²) in [6, 6.07) is 0. The van der Waals surface area contributed by atoms with Gasteiger partial charge in [-0.15, -0.1) is 11.8 Å². The fourth-order valence-electron chi connectivity index (χ4n) is 2.73. The van der Waals surface area contributed by atoms with E-state index in [1.807, 2.05) is 33.1 Å². The van der Waals surface area contributed by atoms with Crippen LogP contribution < -0.4 is 4.57 Å². The molecule has 2 aliphatic rings. The number of carbonyl (C=O) groups is 2. The van der Waals surface area contributed by atoms with Crippen LogP contribution in [-0.4, -0.2) is 37.4 Å². The minimum absolute atomic E-state index is 0.00915. The topological polar surface area (TPSA) is 65.9 Å². The van der Waals surface area contributed by atoms with Crippen LogP contribution >= 0.6 is 23.1 Å². The van der Waals surface area contributed by atoms with Gasteiger partial charge in [-0.3, -0.25) is 9.69 Å². The number of aliphatic carboxylic acids is 1. The molecule has 4 heterocycles. The maximum absolute atomic E-state index is 11.7. The van der Waals surface area contributed by atoms with Gasteiger partial charge in [0.15, 0.2) is 0 Å². The van der Waals surface area contributed by atoms with Crippen LogP contribution in [0, 0.1) is 0 Å². The second-order valence-corrected chi connectivity index (χ2v) is 7.15.